The number of carbonyl (C=O) groups excluding carboxylic acids is 2. The van der Waals surface area contributed by atoms with Gasteiger partial charge in [-0.25, -0.2) is 0 Å². The molecule has 0 spiro atoms. The number of hydrogen-bond donors (Lipinski definition) is 3. The van der Waals surface area contributed by atoms with Gasteiger partial charge in [0.15, 0.2) is 0 Å². The number of ether oxygens (including phenoxy) is 1. The third-order valence-electron chi connectivity index (χ3n) is 5.38. The number of nitrogens with zero attached hydrogens (tertiary/aromatic N) is 1. The van der Waals surface area contributed by atoms with E-state index in [1.54, 1.807) is 30.5 Å². The van der Waals surface area contributed by atoms with Gasteiger partial charge >= 0.3 is 0 Å². The Morgan fingerprint density at radius 1 is 1.48 bits per heavy atom. The van der Waals surface area contributed by atoms with Crippen molar-refractivity contribution in [1.82, 2.24) is 15.5 Å². The number of nitrogens with one attached hydrogen (secondary N) is 2. The van der Waals surface area contributed by atoms with Crippen LogP contribution in [0.2, 0.25) is 0 Å². The van der Waals surface area contributed by atoms with Gasteiger partial charge < -0.3 is 20.5 Å². The SMILES string of the molecule is CC(C)O.CC1C(SC(CP)CNCCC2CCNC2)=C(OC=O)N2C(=O)CC12. The number of carbonyl (C=O) groups is 2. The van der Waals surface area contributed by atoms with E-state index in [2.05, 4.69) is 26.8 Å². The van der Waals surface area contributed by atoms with E-state index in [9.17, 15) is 9.59 Å². The molecule has 0 saturated carbocycles. The first-order valence-electron chi connectivity index (χ1n) is 10.5. The van der Waals surface area contributed by atoms with E-state index >= 15 is 0 Å². The summed E-state index contributed by atoms with van der Waals surface area (Å²) in [4.78, 5) is 25.4. The van der Waals surface area contributed by atoms with Crippen LogP contribution in [0.4, 0.5) is 0 Å². The molecule has 3 aliphatic rings. The molecule has 1 amide bonds. The predicted octanol–water partition coefficient (Wildman–Crippen LogP) is 1.53. The zero-order valence-electron chi connectivity index (χ0n) is 17.7. The lowest BCUT2D eigenvalue weighted by Gasteiger charge is -2.36. The summed E-state index contributed by atoms with van der Waals surface area (Å²) in [7, 11) is 2.81. The fourth-order valence-corrected chi connectivity index (χ4v) is 5.53. The van der Waals surface area contributed by atoms with Crippen LogP contribution in [0, 0.1) is 11.8 Å². The first-order chi connectivity index (χ1) is 13.9. The highest BCUT2D eigenvalue weighted by molar-refractivity contribution is 8.03. The molecule has 2 fully saturated rings. The molecule has 2 saturated heterocycles. The van der Waals surface area contributed by atoms with Gasteiger partial charge in [-0.1, -0.05) is 6.92 Å². The van der Waals surface area contributed by atoms with Gasteiger partial charge in [-0.05, 0) is 58.4 Å². The minimum Gasteiger partial charge on any atom is -0.411 e. The van der Waals surface area contributed by atoms with E-state index in [0.29, 0.717) is 24.0 Å². The van der Waals surface area contributed by atoms with Gasteiger partial charge in [0, 0.05) is 30.2 Å². The summed E-state index contributed by atoms with van der Waals surface area (Å²) < 4.78 is 5.18. The van der Waals surface area contributed by atoms with Crippen molar-refractivity contribution in [2.45, 2.75) is 57.4 Å². The van der Waals surface area contributed by atoms with E-state index in [1.165, 1.54) is 12.8 Å². The number of thioether (sulfide) groups is 1. The predicted molar refractivity (Wildman–Crippen MR) is 120 cm³/mol. The lowest BCUT2D eigenvalue weighted by Crippen LogP contribution is -2.51. The maximum Gasteiger partial charge on any atom is 0.299 e. The number of amides is 1. The summed E-state index contributed by atoms with van der Waals surface area (Å²) in [5.74, 6) is 1.56. The van der Waals surface area contributed by atoms with Crippen molar-refractivity contribution in [1.29, 1.82) is 0 Å². The molecule has 0 radical (unpaired) electrons. The van der Waals surface area contributed by atoms with Gasteiger partial charge in [0.25, 0.3) is 6.47 Å². The standard InChI is InChI=1S/C17H28N3O3PS.C3H8O/c1-11-14-6-15(22)20(14)17(23-10-21)16(11)25-13(9-24)8-19-5-3-12-2-4-18-7-12;1-3(2)4/h10-14,18-19H,2-9,24H2,1H3;3-4H,1-2H3. The highest BCUT2D eigenvalue weighted by Gasteiger charge is 2.51. The molecule has 3 rings (SSSR count). The smallest absolute Gasteiger partial charge is 0.299 e. The Bertz CT molecular complexity index is 581. The monoisotopic (exact) mass is 445 g/mol. The van der Waals surface area contributed by atoms with Gasteiger partial charge in [-0.3, -0.25) is 14.5 Å². The number of hydrogen-bond acceptors (Lipinski definition) is 7. The van der Waals surface area contributed by atoms with Crippen molar-refractivity contribution in [2.75, 3.05) is 32.3 Å². The van der Waals surface area contributed by atoms with Crippen LogP contribution >= 0.6 is 21.0 Å². The zero-order chi connectivity index (χ0) is 21.4. The molecule has 9 heteroatoms. The molecule has 29 heavy (non-hydrogen) atoms. The lowest BCUT2D eigenvalue weighted by molar-refractivity contribution is -0.148. The topological polar surface area (TPSA) is 90.9 Å². The first-order valence-corrected chi connectivity index (χ1v) is 12.2. The highest BCUT2D eigenvalue weighted by atomic mass is 32.2. The van der Waals surface area contributed by atoms with E-state index < -0.39 is 0 Å². The fourth-order valence-electron chi connectivity index (χ4n) is 3.79. The summed E-state index contributed by atoms with van der Waals surface area (Å²) in [5, 5.41) is 15.4. The molecular weight excluding hydrogens is 409 g/mol. The van der Waals surface area contributed by atoms with Crippen LogP contribution in [0.1, 0.15) is 40.0 Å². The van der Waals surface area contributed by atoms with Crippen LogP contribution in [0.5, 0.6) is 0 Å². The van der Waals surface area contributed by atoms with Crippen LogP contribution in [0.25, 0.3) is 0 Å². The first kappa shape index (κ1) is 24.6. The quantitative estimate of drug-likeness (QED) is 0.203. The summed E-state index contributed by atoms with van der Waals surface area (Å²) in [6, 6.07) is 0.165. The maximum atomic E-state index is 11.8. The molecule has 3 N–H and O–H groups in total. The minimum absolute atomic E-state index is 0.0509. The summed E-state index contributed by atoms with van der Waals surface area (Å²) >= 11 is 1.75. The Balaban J connectivity index is 0.000000687. The van der Waals surface area contributed by atoms with Gasteiger partial charge in [0.1, 0.15) is 0 Å². The molecule has 166 valence electrons. The Labute approximate surface area is 181 Å². The second-order valence-electron chi connectivity index (χ2n) is 8.13. The number of rotatable bonds is 10. The third kappa shape index (κ3) is 6.93. The highest BCUT2D eigenvalue weighted by Crippen LogP contribution is 2.48. The van der Waals surface area contributed by atoms with E-state index in [0.717, 1.165) is 43.2 Å². The van der Waals surface area contributed by atoms with Crippen molar-refractivity contribution < 1.29 is 19.4 Å². The number of aliphatic hydroxyl groups excluding tert-OH is 1. The zero-order valence-corrected chi connectivity index (χ0v) is 19.7. The van der Waals surface area contributed by atoms with Crippen LogP contribution < -0.4 is 10.6 Å². The summed E-state index contributed by atoms with van der Waals surface area (Å²) in [5.41, 5.74) is 0. The Kier molecular flexibility index (Phi) is 10.4. The van der Waals surface area contributed by atoms with E-state index in [4.69, 9.17) is 9.84 Å². The molecule has 0 aromatic heterocycles. The fraction of sp³-hybridized carbons (Fsp3) is 0.800. The molecule has 0 aromatic carbocycles. The molecule has 5 unspecified atom stereocenters. The molecule has 0 aliphatic carbocycles. The Morgan fingerprint density at radius 3 is 2.76 bits per heavy atom. The molecule has 7 nitrogen and oxygen atoms in total. The average Bonchev–Trinajstić information content (AvgIpc) is 3.24. The van der Waals surface area contributed by atoms with Crippen molar-refractivity contribution in [3.8, 4) is 0 Å². The minimum atomic E-state index is -0.167. The summed E-state index contributed by atoms with van der Waals surface area (Å²) in [6.45, 7) is 10.2. The largest absolute Gasteiger partial charge is 0.411 e. The van der Waals surface area contributed by atoms with Crippen molar-refractivity contribution in [3.63, 3.8) is 0 Å². The van der Waals surface area contributed by atoms with Crippen molar-refractivity contribution in [2.24, 2.45) is 11.8 Å². The molecule has 0 aromatic rings. The second-order valence-corrected chi connectivity index (χ2v) is 9.94. The number of fused-ring (bicyclic) bond motifs is 1. The van der Waals surface area contributed by atoms with E-state index in [1.807, 2.05) is 0 Å². The second kappa shape index (κ2) is 12.3. The molecule has 3 aliphatic heterocycles. The molecule has 0 bridgehead atoms. The normalized spacial score (nSPS) is 26.8. The van der Waals surface area contributed by atoms with E-state index in [-0.39, 0.29) is 24.0 Å². The molecule has 3 heterocycles. The van der Waals surface area contributed by atoms with Crippen molar-refractivity contribution >= 4 is 33.4 Å². The van der Waals surface area contributed by atoms with Gasteiger partial charge in [0.2, 0.25) is 11.8 Å². The Morgan fingerprint density at radius 2 is 2.21 bits per heavy atom. The Hall–Kier alpha value is -0.660. The van der Waals surface area contributed by atoms with Crippen LogP contribution in [-0.4, -0.2) is 72.1 Å². The molecule has 5 atom stereocenters. The lowest BCUT2D eigenvalue weighted by atomic mass is 9.94. The van der Waals surface area contributed by atoms with Crippen LogP contribution in [0.15, 0.2) is 10.8 Å². The molecular formula is C20H36N3O4PS. The van der Waals surface area contributed by atoms with Crippen LogP contribution in [0.3, 0.4) is 0 Å². The number of aliphatic hydroxyl groups is 1. The van der Waals surface area contributed by atoms with Crippen molar-refractivity contribution in [3.05, 3.63) is 10.8 Å². The number of β-lactam (4-membered cyclic amide) rings is 1. The maximum absolute atomic E-state index is 11.8. The van der Waals surface area contributed by atoms with Gasteiger partial charge in [0.05, 0.1) is 10.9 Å². The van der Waals surface area contributed by atoms with Gasteiger partial charge in [-0.15, -0.1) is 21.0 Å². The average molecular weight is 446 g/mol. The summed E-state index contributed by atoms with van der Waals surface area (Å²) in [6.07, 6.45) is 3.83. The third-order valence-corrected chi connectivity index (χ3v) is 7.79. The van der Waals surface area contributed by atoms with Crippen LogP contribution in [-0.2, 0) is 14.3 Å². The van der Waals surface area contributed by atoms with Gasteiger partial charge in [-0.2, -0.15) is 0 Å².